The van der Waals surface area contributed by atoms with E-state index in [-0.39, 0.29) is 6.04 Å². The Kier molecular flexibility index (Phi) is 5.01. The Labute approximate surface area is 163 Å². The van der Waals surface area contributed by atoms with Crippen molar-refractivity contribution in [2.45, 2.75) is 40.7 Å². The topological polar surface area (TPSA) is 12.5 Å². The van der Waals surface area contributed by atoms with Gasteiger partial charge in [-0.05, 0) is 69.0 Å². The maximum atomic E-state index is 6.26. The number of aryl methyl sites for hydroxylation is 1. The summed E-state index contributed by atoms with van der Waals surface area (Å²) in [6.07, 6.45) is 0. The molecule has 2 heteroatoms. The molecule has 0 fully saturated rings. The zero-order valence-electron chi connectivity index (χ0n) is 17.3. The van der Waals surface area contributed by atoms with Crippen LogP contribution in [0.4, 0.5) is 5.69 Å². The number of hydrogen-bond donors (Lipinski definition) is 0. The van der Waals surface area contributed by atoms with Gasteiger partial charge in [-0.25, -0.2) is 0 Å². The molecule has 2 nitrogen and oxygen atoms in total. The number of rotatable bonds is 4. The standard InChI is InChI=1S/C25H29NO/c1-15(2)21-11-9-10-12-24(21)26(8)19(6)23-14-16(3)13-22-18(5)17(4)20(7)27-25(22)23/h9-14,19H,1,5H2,2-4,6-8H3. The van der Waals surface area contributed by atoms with Crippen LogP contribution in [-0.4, -0.2) is 7.05 Å². The van der Waals surface area contributed by atoms with Gasteiger partial charge < -0.3 is 9.64 Å². The highest BCUT2D eigenvalue weighted by Gasteiger charge is 2.26. The van der Waals surface area contributed by atoms with Gasteiger partial charge in [0, 0.05) is 29.4 Å². The molecule has 0 aromatic heterocycles. The lowest BCUT2D eigenvalue weighted by Gasteiger charge is -2.33. The first kappa shape index (κ1) is 19.0. The summed E-state index contributed by atoms with van der Waals surface area (Å²) in [5, 5.41) is 0. The molecule has 0 aliphatic carbocycles. The maximum Gasteiger partial charge on any atom is 0.140 e. The normalized spacial score (nSPS) is 14.5. The molecule has 1 aliphatic heterocycles. The molecule has 2 aromatic carbocycles. The quantitative estimate of drug-likeness (QED) is 0.587. The maximum absolute atomic E-state index is 6.26. The summed E-state index contributed by atoms with van der Waals surface area (Å²) in [5.41, 5.74) is 9.07. The summed E-state index contributed by atoms with van der Waals surface area (Å²) >= 11 is 0. The van der Waals surface area contributed by atoms with Crippen molar-refractivity contribution in [2.75, 3.05) is 11.9 Å². The highest BCUT2D eigenvalue weighted by atomic mass is 16.5. The molecule has 0 spiro atoms. The molecule has 1 unspecified atom stereocenters. The van der Waals surface area contributed by atoms with E-state index < -0.39 is 0 Å². The van der Waals surface area contributed by atoms with Gasteiger partial charge in [-0.15, -0.1) is 0 Å². The fraction of sp³-hybridized carbons (Fsp3) is 0.280. The van der Waals surface area contributed by atoms with Gasteiger partial charge in [0.1, 0.15) is 11.5 Å². The van der Waals surface area contributed by atoms with E-state index in [1.165, 1.54) is 22.4 Å². The number of ether oxygens (including phenoxy) is 1. The van der Waals surface area contributed by atoms with Crippen molar-refractivity contribution in [3.8, 4) is 5.75 Å². The van der Waals surface area contributed by atoms with Gasteiger partial charge in [-0.3, -0.25) is 0 Å². The van der Waals surface area contributed by atoms with Crippen LogP contribution in [0, 0.1) is 6.92 Å². The minimum atomic E-state index is 0.137. The molecule has 0 bridgehead atoms. The lowest BCUT2D eigenvalue weighted by molar-refractivity contribution is 0.408. The zero-order valence-corrected chi connectivity index (χ0v) is 17.3. The molecule has 27 heavy (non-hydrogen) atoms. The second-order valence-corrected chi connectivity index (χ2v) is 7.58. The van der Waals surface area contributed by atoms with Crippen LogP contribution in [0.15, 0.2) is 60.9 Å². The average molecular weight is 360 g/mol. The third kappa shape index (κ3) is 3.32. The molecule has 3 rings (SSSR count). The molecule has 1 heterocycles. The Bertz CT molecular complexity index is 964. The predicted molar refractivity (Wildman–Crippen MR) is 117 cm³/mol. The summed E-state index contributed by atoms with van der Waals surface area (Å²) in [4.78, 5) is 2.30. The SMILES string of the molecule is C=C(C)c1ccccc1N(C)C(C)c1cc(C)cc2c1OC(C)=C(C)C2=C. The van der Waals surface area contributed by atoms with Gasteiger partial charge in [0.2, 0.25) is 0 Å². The predicted octanol–water partition coefficient (Wildman–Crippen LogP) is 6.93. The number of benzene rings is 2. The Morgan fingerprint density at radius 2 is 1.78 bits per heavy atom. The number of hydrogen-bond acceptors (Lipinski definition) is 2. The number of para-hydroxylation sites is 1. The van der Waals surface area contributed by atoms with Crippen LogP contribution in [0.1, 0.15) is 56.0 Å². The monoisotopic (exact) mass is 359 g/mol. The summed E-state index contributed by atoms with van der Waals surface area (Å²) in [5.74, 6) is 1.86. The summed E-state index contributed by atoms with van der Waals surface area (Å²) < 4.78 is 6.26. The minimum absolute atomic E-state index is 0.137. The van der Waals surface area contributed by atoms with E-state index in [2.05, 4.69) is 89.2 Å². The van der Waals surface area contributed by atoms with Crippen LogP contribution < -0.4 is 9.64 Å². The summed E-state index contributed by atoms with van der Waals surface area (Å²) in [7, 11) is 2.13. The highest BCUT2D eigenvalue weighted by Crippen LogP contribution is 2.44. The molecule has 0 N–H and O–H groups in total. The van der Waals surface area contributed by atoms with E-state index in [0.717, 1.165) is 33.8 Å². The van der Waals surface area contributed by atoms with Crippen molar-refractivity contribution >= 4 is 16.8 Å². The van der Waals surface area contributed by atoms with Gasteiger partial charge in [-0.2, -0.15) is 0 Å². The molecule has 140 valence electrons. The van der Waals surface area contributed by atoms with Crippen molar-refractivity contribution in [3.05, 3.63) is 83.1 Å². The van der Waals surface area contributed by atoms with E-state index in [0.29, 0.717) is 0 Å². The number of allylic oxidation sites excluding steroid dienone is 4. The van der Waals surface area contributed by atoms with Gasteiger partial charge in [-0.1, -0.05) is 37.4 Å². The van der Waals surface area contributed by atoms with Gasteiger partial charge in [0.05, 0.1) is 6.04 Å². The molecule has 0 radical (unpaired) electrons. The molecular formula is C25H29NO. The van der Waals surface area contributed by atoms with Crippen LogP contribution in [0.3, 0.4) is 0 Å². The molecule has 2 aromatic rings. The van der Waals surface area contributed by atoms with Crippen molar-refractivity contribution in [2.24, 2.45) is 0 Å². The molecule has 0 saturated carbocycles. The smallest absolute Gasteiger partial charge is 0.140 e. The average Bonchev–Trinajstić information content (AvgIpc) is 2.65. The van der Waals surface area contributed by atoms with E-state index in [1.54, 1.807) is 0 Å². The molecule has 1 aliphatic rings. The van der Waals surface area contributed by atoms with Crippen molar-refractivity contribution in [1.82, 2.24) is 0 Å². The van der Waals surface area contributed by atoms with Crippen molar-refractivity contribution < 1.29 is 4.74 Å². The number of fused-ring (bicyclic) bond motifs is 1. The van der Waals surface area contributed by atoms with Crippen LogP contribution >= 0.6 is 0 Å². The van der Waals surface area contributed by atoms with Gasteiger partial charge >= 0.3 is 0 Å². The lowest BCUT2D eigenvalue weighted by atomic mass is 9.90. The third-order valence-corrected chi connectivity index (χ3v) is 5.60. The van der Waals surface area contributed by atoms with Crippen LogP contribution in [0.5, 0.6) is 5.75 Å². The Balaban J connectivity index is 2.10. The largest absolute Gasteiger partial charge is 0.461 e. The molecular weight excluding hydrogens is 330 g/mol. The van der Waals surface area contributed by atoms with Crippen molar-refractivity contribution in [3.63, 3.8) is 0 Å². The van der Waals surface area contributed by atoms with Gasteiger partial charge in [0.25, 0.3) is 0 Å². The fourth-order valence-corrected chi connectivity index (χ4v) is 3.65. The number of nitrogens with zero attached hydrogens (tertiary/aromatic N) is 1. The van der Waals surface area contributed by atoms with E-state index in [9.17, 15) is 0 Å². The van der Waals surface area contributed by atoms with E-state index in [4.69, 9.17) is 4.74 Å². The molecule has 0 saturated heterocycles. The fourth-order valence-electron chi connectivity index (χ4n) is 3.65. The second-order valence-electron chi connectivity index (χ2n) is 7.58. The Hall–Kier alpha value is -2.74. The summed E-state index contributed by atoms with van der Waals surface area (Å²) in [6.45, 7) is 18.9. The number of anilines is 1. The highest BCUT2D eigenvalue weighted by molar-refractivity contribution is 5.84. The van der Waals surface area contributed by atoms with Gasteiger partial charge in [0.15, 0.2) is 0 Å². The van der Waals surface area contributed by atoms with Crippen LogP contribution in [0.2, 0.25) is 0 Å². The molecule has 0 amide bonds. The van der Waals surface area contributed by atoms with Crippen molar-refractivity contribution in [1.29, 1.82) is 0 Å². The second kappa shape index (κ2) is 7.11. The Morgan fingerprint density at radius 3 is 2.44 bits per heavy atom. The molecule has 1 atom stereocenters. The third-order valence-electron chi connectivity index (χ3n) is 5.60. The first-order valence-electron chi connectivity index (χ1n) is 9.39. The lowest BCUT2D eigenvalue weighted by Crippen LogP contribution is -2.24. The Morgan fingerprint density at radius 1 is 1.11 bits per heavy atom. The van der Waals surface area contributed by atoms with E-state index in [1.807, 2.05) is 6.92 Å². The van der Waals surface area contributed by atoms with E-state index >= 15 is 0 Å². The van der Waals surface area contributed by atoms with Crippen LogP contribution in [0.25, 0.3) is 11.1 Å². The summed E-state index contributed by atoms with van der Waals surface area (Å²) in [6, 6.07) is 12.9. The first-order valence-corrected chi connectivity index (χ1v) is 9.39. The zero-order chi connectivity index (χ0) is 19.9. The van der Waals surface area contributed by atoms with Crippen LogP contribution in [-0.2, 0) is 0 Å². The first-order chi connectivity index (χ1) is 12.7. The minimum Gasteiger partial charge on any atom is -0.461 e.